The van der Waals surface area contributed by atoms with E-state index in [1.807, 2.05) is 6.07 Å². The molecule has 0 aliphatic heterocycles. The molecule has 0 heterocycles. The van der Waals surface area contributed by atoms with Crippen molar-refractivity contribution in [2.75, 3.05) is 13.1 Å². The van der Waals surface area contributed by atoms with E-state index in [-0.39, 0.29) is 5.82 Å². The first-order valence-corrected chi connectivity index (χ1v) is 8.11. The predicted molar refractivity (Wildman–Crippen MR) is 83.8 cm³/mol. The quantitative estimate of drug-likeness (QED) is 0.779. The SMILES string of the molecule is CC(C)CNCC(c1ccc(F)cc1Cl)C1CCCC1. The molecular formula is C17H25ClFN. The van der Waals surface area contributed by atoms with Crippen LogP contribution >= 0.6 is 11.6 Å². The molecule has 1 aliphatic rings. The second kappa shape index (κ2) is 7.42. The van der Waals surface area contributed by atoms with E-state index >= 15 is 0 Å². The monoisotopic (exact) mass is 297 g/mol. The minimum absolute atomic E-state index is 0.251. The van der Waals surface area contributed by atoms with Gasteiger partial charge in [-0.2, -0.15) is 0 Å². The standard InChI is InChI=1S/C17H25ClFN/c1-12(2)10-20-11-16(13-5-3-4-6-13)15-8-7-14(19)9-17(15)18/h7-9,12-13,16,20H,3-6,10-11H2,1-2H3. The zero-order valence-corrected chi connectivity index (χ0v) is 13.2. The third-order valence-corrected chi connectivity index (χ3v) is 4.57. The fourth-order valence-electron chi connectivity index (χ4n) is 3.22. The van der Waals surface area contributed by atoms with Gasteiger partial charge in [-0.05, 0) is 48.9 Å². The highest BCUT2D eigenvalue weighted by molar-refractivity contribution is 6.31. The summed E-state index contributed by atoms with van der Waals surface area (Å²) in [6.07, 6.45) is 5.15. The molecule has 20 heavy (non-hydrogen) atoms. The van der Waals surface area contributed by atoms with E-state index in [1.165, 1.54) is 37.8 Å². The van der Waals surface area contributed by atoms with E-state index in [0.717, 1.165) is 18.7 Å². The van der Waals surface area contributed by atoms with E-state index in [4.69, 9.17) is 11.6 Å². The van der Waals surface area contributed by atoms with Gasteiger partial charge < -0.3 is 5.32 Å². The largest absolute Gasteiger partial charge is 0.316 e. The van der Waals surface area contributed by atoms with Gasteiger partial charge in [0.2, 0.25) is 0 Å². The van der Waals surface area contributed by atoms with Crippen LogP contribution in [0.25, 0.3) is 0 Å². The predicted octanol–water partition coefficient (Wildman–Crippen LogP) is 5.00. The van der Waals surface area contributed by atoms with E-state index in [2.05, 4.69) is 19.2 Å². The molecular weight excluding hydrogens is 273 g/mol. The van der Waals surface area contributed by atoms with Crippen LogP contribution in [0.5, 0.6) is 0 Å². The summed E-state index contributed by atoms with van der Waals surface area (Å²) in [7, 11) is 0. The van der Waals surface area contributed by atoms with Crippen LogP contribution in [0.4, 0.5) is 4.39 Å². The van der Waals surface area contributed by atoms with Gasteiger partial charge in [-0.25, -0.2) is 4.39 Å². The summed E-state index contributed by atoms with van der Waals surface area (Å²) in [4.78, 5) is 0. The Morgan fingerprint density at radius 1 is 1.25 bits per heavy atom. The Kier molecular flexibility index (Phi) is 5.86. The van der Waals surface area contributed by atoms with Crippen molar-refractivity contribution in [1.29, 1.82) is 0 Å². The molecule has 2 rings (SSSR count). The Morgan fingerprint density at radius 2 is 1.95 bits per heavy atom. The van der Waals surface area contributed by atoms with Crippen molar-refractivity contribution in [1.82, 2.24) is 5.32 Å². The summed E-state index contributed by atoms with van der Waals surface area (Å²) in [5, 5.41) is 4.13. The van der Waals surface area contributed by atoms with Gasteiger partial charge in [0.1, 0.15) is 5.82 Å². The zero-order valence-electron chi connectivity index (χ0n) is 12.5. The molecule has 112 valence electrons. The maximum absolute atomic E-state index is 13.2. The summed E-state index contributed by atoms with van der Waals surface area (Å²) in [5.41, 5.74) is 1.11. The van der Waals surface area contributed by atoms with Gasteiger partial charge in [-0.3, -0.25) is 0 Å². The van der Waals surface area contributed by atoms with Gasteiger partial charge in [-0.1, -0.05) is 44.4 Å². The molecule has 0 saturated heterocycles. The highest BCUT2D eigenvalue weighted by Gasteiger charge is 2.27. The number of hydrogen-bond donors (Lipinski definition) is 1. The third kappa shape index (κ3) is 4.20. The molecule has 1 aromatic rings. The molecule has 1 aromatic carbocycles. The lowest BCUT2D eigenvalue weighted by Gasteiger charge is -2.26. The van der Waals surface area contributed by atoms with Crippen LogP contribution in [-0.4, -0.2) is 13.1 Å². The van der Waals surface area contributed by atoms with E-state index in [0.29, 0.717) is 22.8 Å². The van der Waals surface area contributed by atoms with Gasteiger partial charge >= 0.3 is 0 Å². The molecule has 0 spiro atoms. The normalized spacial score (nSPS) is 17.9. The van der Waals surface area contributed by atoms with Crippen LogP contribution in [0.15, 0.2) is 18.2 Å². The average Bonchev–Trinajstić information content (AvgIpc) is 2.89. The Morgan fingerprint density at radius 3 is 2.55 bits per heavy atom. The lowest BCUT2D eigenvalue weighted by atomic mass is 9.84. The van der Waals surface area contributed by atoms with Gasteiger partial charge in [0.25, 0.3) is 0 Å². The highest BCUT2D eigenvalue weighted by atomic mass is 35.5. The van der Waals surface area contributed by atoms with Gasteiger partial charge in [0.05, 0.1) is 0 Å². The smallest absolute Gasteiger partial charge is 0.124 e. The molecule has 0 amide bonds. The molecule has 1 saturated carbocycles. The second-order valence-electron chi connectivity index (χ2n) is 6.37. The molecule has 1 atom stereocenters. The summed E-state index contributed by atoms with van der Waals surface area (Å²) in [6.45, 7) is 6.38. The maximum Gasteiger partial charge on any atom is 0.124 e. The Hall–Kier alpha value is -0.600. The highest BCUT2D eigenvalue weighted by Crippen LogP contribution is 2.39. The fourth-order valence-corrected chi connectivity index (χ4v) is 3.53. The number of rotatable bonds is 6. The van der Waals surface area contributed by atoms with Crippen LogP contribution in [0, 0.1) is 17.7 Å². The van der Waals surface area contributed by atoms with Gasteiger partial charge in [0.15, 0.2) is 0 Å². The molecule has 0 radical (unpaired) electrons. The molecule has 1 nitrogen and oxygen atoms in total. The van der Waals surface area contributed by atoms with Crippen molar-refractivity contribution < 1.29 is 4.39 Å². The number of halogens is 2. The topological polar surface area (TPSA) is 12.0 Å². The van der Waals surface area contributed by atoms with Crippen LogP contribution in [0.2, 0.25) is 5.02 Å². The zero-order chi connectivity index (χ0) is 14.5. The van der Waals surface area contributed by atoms with Crippen molar-refractivity contribution in [3.63, 3.8) is 0 Å². The molecule has 1 N–H and O–H groups in total. The lowest BCUT2D eigenvalue weighted by Crippen LogP contribution is -2.28. The van der Waals surface area contributed by atoms with Gasteiger partial charge in [0, 0.05) is 17.5 Å². The summed E-state index contributed by atoms with van der Waals surface area (Å²) >= 11 is 6.28. The minimum Gasteiger partial charge on any atom is -0.316 e. The van der Waals surface area contributed by atoms with Crippen LogP contribution in [0.1, 0.15) is 51.0 Å². The van der Waals surface area contributed by atoms with Crippen LogP contribution in [-0.2, 0) is 0 Å². The maximum atomic E-state index is 13.2. The average molecular weight is 298 g/mol. The van der Waals surface area contributed by atoms with Crippen molar-refractivity contribution in [2.45, 2.75) is 45.4 Å². The van der Waals surface area contributed by atoms with Crippen LogP contribution < -0.4 is 5.32 Å². The van der Waals surface area contributed by atoms with Gasteiger partial charge in [-0.15, -0.1) is 0 Å². The summed E-state index contributed by atoms with van der Waals surface area (Å²) in [6, 6.07) is 4.85. The molecule has 0 aromatic heterocycles. The Bertz CT molecular complexity index is 427. The Balaban J connectivity index is 2.12. The molecule has 3 heteroatoms. The minimum atomic E-state index is -0.251. The van der Waals surface area contributed by atoms with E-state index in [1.54, 1.807) is 0 Å². The second-order valence-corrected chi connectivity index (χ2v) is 6.78. The fraction of sp³-hybridized carbons (Fsp3) is 0.647. The first kappa shape index (κ1) is 15.8. The van der Waals surface area contributed by atoms with Crippen molar-refractivity contribution in [2.24, 2.45) is 11.8 Å². The van der Waals surface area contributed by atoms with Crippen molar-refractivity contribution in [3.8, 4) is 0 Å². The van der Waals surface area contributed by atoms with E-state index < -0.39 is 0 Å². The number of nitrogens with one attached hydrogen (secondary N) is 1. The third-order valence-electron chi connectivity index (χ3n) is 4.25. The van der Waals surface area contributed by atoms with Crippen molar-refractivity contribution >= 4 is 11.6 Å². The summed E-state index contributed by atoms with van der Waals surface area (Å²) in [5.74, 6) is 1.48. The molecule has 0 bridgehead atoms. The lowest BCUT2D eigenvalue weighted by molar-refractivity contribution is 0.400. The first-order chi connectivity index (χ1) is 9.58. The van der Waals surface area contributed by atoms with Crippen LogP contribution in [0.3, 0.4) is 0 Å². The number of benzene rings is 1. The van der Waals surface area contributed by atoms with Crippen molar-refractivity contribution in [3.05, 3.63) is 34.6 Å². The molecule has 1 unspecified atom stereocenters. The summed E-state index contributed by atoms with van der Waals surface area (Å²) < 4.78 is 13.2. The first-order valence-electron chi connectivity index (χ1n) is 7.73. The number of hydrogen-bond acceptors (Lipinski definition) is 1. The molecule has 1 aliphatic carbocycles. The molecule has 1 fully saturated rings. The Labute approximate surface area is 126 Å². The van der Waals surface area contributed by atoms with E-state index in [9.17, 15) is 4.39 Å².